The van der Waals surface area contributed by atoms with Crippen LogP contribution in [0.4, 0.5) is 0 Å². The number of carbonyl (C=O) groups excluding carboxylic acids is 1. The standard InChI is InChI=1S/C9H15N3O/c1-7(9(10)13)11-6-8-4-3-5-12(8)2/h3-5,7,11H,6H2,1-2H3,(H2,10,13)/t7-/m0/s1. The van der Waals surface area contributed by atoms with Crippen LogP contribution in [-0.4, -0.2) is 16.5 Å². The fourth-order valence-corrected chi connectivity index (χ4v) is 1.04. The van der Waals surface area contributed by atoms with E-state index >= 15 is 0 Å². The number of amides is 1. The molecule has 1 atom stereocenters. The number of hydrogen-bond donors (Lipinski definition) is 2. The predicted octanol–water partition coefficient (Wildman–Crippen LogP) is -0.0115. The molecule has 0 saturated carbocycles. The highest BCUT2D eigenvalue weighted by Gasteiger charge is 2.07. The normalized spacial score (nSPS) is 12.8. The Hall–Kier alpha value is -1.29. The number of carbonyl (C=O) groups is 1. The molecule has 1 aromatic heterocycles. The first-order valence-corrected chi connectivity index (χ1v) is 4.24. The summed E-state index contributed by atoms with van der Waals surface area (Å²) < 4.78 is 2.00. The van der Waals surface area contributed by atoms with Crippen molar-refractivity contribution in [3.8, 4) is 0 Å². The second-order valence-electron chi connectivity index (χ2n) is 3.12. The van der Waals surface area contributed by atoms with Gasteiger partial charge in [0, 0.05) is 25.5 Å². The molecule has 4 heteroatoms. The van der Waals surface area contributed by atoms with E-state index in [0.29, 0.717) is 6.54 Å². The summed E-state index contributed by atoms with van der Waals surface area (Å²) in [5.41, 5.74) is 6.24. The van der Waals surface area contributed by atoms with Crippen LogP contribution in [0.25, 0.3) is 0 Å². The van der Waals surface area contributed by atoms with Gasteiger partial charge >= 0.3 is 0 Å². The molecule has 72 valence electrons. The summed E-state index contributed by atoms with van der Waals surface area (Å²) in [6.07, 6.45) is 1.96. The molecule has 1 amide bonds. The predicted molar refractivity (Wildman–Crippen MR) is 50.9 cm³/mol. The first-order chi connectivity index (χ1) is 6.11. The zero-order valence-electron chi connectivity index (χ0n) is 7.95. The number of nitrogens with one attached hydrogen (secondary N) is 1. The van der Waals surface area contributed by atoms with Crippen molar-refractivity contribution in [2.45, 2.75) is 19.5 Å². The summed E-state index contributed by atoms with van der Waals surface area (Å²) in [5, 5.41) is 3.03. The molecule has 1 aromatic rings. The van der Waals surface area contributed by atoms with E-state index in [1.165, 1.54) is 0 Å². The Morgan fingerprint density at radius 1 is 1.77 bits per heavy atom. The number of hydrogen-bond acceptors (Lipinski definition) is 2. The van der Waals surface area contributed by atoms with Gasteiger partial charge in [0.15, 0.2) is 0 Å². The van der Waals surface area contributed by atoms with Crippen LogP contribution in [-0.2, 0) is 18.4 Å². The first kappa shape index (κ1) is 9.80. The molecule has 0 saturated heterocycles. The van der Waals surface area contributed by atoms with E-state index < -0.39 is 0 Å². The van der Waals surface area contributed by atoms with Gasteiger partial charge in [0.25, 0.3) is 0 Å². The van der Waals surface area contributed by atoms with E-state index in [4.69, 9.17) is 5.73 Å². The van der Waals surface area contributed by atoms with E-state index in [1.807, 2.05) is 29.9 Å². The van der Waals surface area contributed by atoms with E-state index in [0.717, 1.165) is 5.69 Å². The maximum atomic E-state index is 10.7. The number of nitrogens with two attached hydrogens (primary N) is 1. The van der Waals surface area contributed by atoms with Gasteiger partial charge in [-0.15, -0.1) is 0 Å². The number of aryl methyl sites for hydroxylation is 1. The number of rotatable bonds is 4. The third-order valence-corrected chi connectivity index (χ3v) is 2.07. The van der Waals surface area contributed by atoms with E-state index in [2.05, 4.69) is 5.32 Å². The smallest absolute Gasteiger partial charge is 0.234 e. The average molecular weight is 181 g/mol. The minimum absolute atomic E-state index is 0.282. The molecule has 1 rings (SSSR count). The highest BCUT2D eigenvalue weighted by Crippen LogP contribution is 1.98. The SMILES string of the molecule is C[C@H](NCc1cccn1C)C(N)=O. The van der Waals surface area contributed by atoms with Gasteiger partial charge in [0.2, 0.25) is 5.91 Å². The van der Waals surface area contributed by atoms with E-state index in [-0.39, 0.29) is 11.9 Å². The average Bonchev–Trinajstić information content (AvgIpc) is 2.47. The minimum Gasteiger partial charge on any atom is -0.368 e. The zero-order chi connectivity index (χ0) is 9.84. The quantitative estimate of drug-likeness (QED) is 0.686. The van der Waals surface area contributed by atoms with Gasteiger partial charge in [0.1, 0.15) is 0 Å². The van der Waals surface area contributed by atoms with Crippen molar-refractivity contribution in [1.82, 2.24) is 9.88 Å². The Labute approximate surface area is 77.7 Å². The van der Waals surface area contributed by atoms with Crippen LogP contribution in [0.1, 0.15) is 12.6 Å². The molecule has 0 aliphatic carbocycles. The van der Waals surface area contributed by atoms with Gasteiger partial charge in [-0.1, -0.05) is 0 Å². The van der Waals surface area contributed by atoms with Crippen LogP contribution in [0.5, 0.6) is 0 Å². The molecular formula is C9H15N3O. The Morgan fingerprint density at radius 2 is 2.46 bits per heavy atom. The molecule has 0 aliphatic heterocycles. The highest BCUT2D eigenvalue weighted by molar-refractivity contribution is 5.79. The molecular weight excluding hydrogens is 166 g/mol. The molecule has 0 aromatic carbocycles. The number of primary amides is 1. The van der Waals surface area contributed by atoms with Crippen molar-refractivity contribution >= 4 is 5.91 Å². The molecule has 13 heavy (non-hydrogen) atoms. The summed E-state index contributed by atoms with van der Waals surface area (Å²) in [4.78, 5) is 10.7. The molecule has 0 spiro atoms. The molecule has 0 unspecified atom stereocenters. The fourth-order valence-electron chi connectivity index (χ4n) is 1.04. The first-order valence-electron chi connectivity index (χ1n) is 4.24. The van der Waals surface area contributed by atoms with Crippen LogP contribution in [0, 0.1) is 0 Å². The molecule has 1 heterocycles. The summed E-state index contributed by atoms with van der Waals surface area (Å²) in [5.74, 6) is -0.325. The van der Waals surface area contributed by atoms with Gasteiger partial charge in [-0.25, -0.2) is 0 Å². The van der Waals surface area contributed by atoms with Gasteiger partial charge in [-0.05, 0) is 19.1 Å². The lowest BCUT2D eigenvalue weighted by Gasteiger charge is -2.10. The second kappa shape index (κ2) is 4.09. The monoisotopic (exact) mass is 181 g/mol. The van der Waals surface area contributed by atoms with Crippen molar-refractivity contribution in [1.29, 1.82) is 0 Å². The Kier molecular flexibility index (Phi) is 3.08. The third kappa shape index (κ3) is 2.59. The van der Waals surface area contributed by atoms with E-state index in [1.54, 1.807) is 6.92 Å². The van der Waals surface area contributed by atoms with Crippen LogP contribution >= 0.6 is 0 Å². The number of nitrogens with zero attached hydrogens (tertiary/aromatic N) is 1. The molecule has 0 bridgehead atoms. The fraction of sp³-hybridized carbons (Fsp3) is 0.444. The Bertz CT molecular complexity index is 293. The lowest BCUT2D eigenvalue weighted by Crippen LogP contribution is -2.38. The van der Waals surface area contributed by atoms with Gasteiger partial charge < -0.3 is 15.6 Å². The summed E-state index contributed by atoms with van der Waals surface area (Å²) in [6.45, 7) is 2.42. The van der Waals surface area contributed by atoms with E-state index in [9.17, 15) is 4.79 Å². The summed E-state index contributed by atoms with van der Waals surface area (Å²) >= 11 is 0. The highest BCUT2D eigenvalue weighted by atomic mass is 16.1. The lowest BCUT2D eigenvalue weighted by molar-refractivity contribution is -0.119. The topological polar surface area (TPSA) is 60.1 Å². The van der Waals surface area contributed by atoms with Crippen LogP contribution in [0.2, 0.25) is 0 Å². The van der Waals surface area contributed by atoms with Gasteiger partial charge in [-0.2, -0.15) is 0 Å². The Balaban J connectivity index is 2.44. The maximum absolute atomic E-state index is 10.7. The molecule has 4 nitrogen and oxygen atoms in total. The number of aromatic nitrogens is 1. The molecule has 0 aliphatic rings. The van der Waals surface area contributed by atoms with Crippen LogP contribution in [0.15, 0.2) is 18.3 Å². The molecule has 0 fully saturated rings. The van der Waals surface area contributed by atoms with Crippen molar-refractivity contribution < 1.29 is 4.79 Å². The van der Waals surface area contributed by atoms with Gasteiger partial charge in [0.05, 0.1) is 6.04 Å². The van der Waals surface area contributed by atoms with Crippen molar-refractivity contribution in [3.63, 3.8) is 0 Å². The largest absolute Gasteiger partial charge is 0.368 e. The van der Waals surface area contributed by atoms with Crippen molar-refractivity contribution in [3.05, 3.63) is 24.0 Å². The van der Waals surface area contributed by atoms with Crippen molar-refractivity contribution in [2.75, 3.05) is 0 Å². The zero-order valence-corrected chi connectivity index (χ0v) is 7.95. The minimum atomic E-state index is -0.325. The molecule has 0 radical (unpaired) electrons. The molecule has 3 N–H and O–H groups in total. The van der Waals surface area contributed by atoms with Crippen LogP contribution < -0.4 is 11.1 Å². The summed E-state index contributed by atoms with van der Waals surface area (Å²) in [6, 6.07) is 3.68. The summed E-state index contributed by atoms with van der Waals surface area (Å²) in [7, 11) is 1.96. The third-order valence-electron chi connectivity index (χ3n) is 2.07. The Morgan fingerprint density at radius 3 is 2.92 bits per heavy atom. The van der Waals surface area contributed by atoms with Crippen molar-refractivity contribution in [2.24, 2.45) is 12.8 Å². The van der Waals surface area contributed by atoms with Gasteiger partial charge in [-0.3, -0.25) is 4.79 Å². The van der Waals surface area contributed by atoms with Crippen LogP contribution in [0.3, 0.4) is 0 Å². The maximum Gasteiger partial charge on any atom is 0.234 e. The second-order valence-corrected chi connectivity index (χ2v) is 3.12. The lowest BCUT2D eigenvalue weighted by atomic mass is 10.3.